The van der Waals surface area contributed by atoms with E-state index in [1.807, 2.05) is 24.3 Å². The van der Waals surface area contributed by atoms with Gasteiger partial charge in [-0.05, 0) is 42.3 Å². The summed E-state index contributed by atoms with van der Waals surface area (Å²) in [5.41, 5.74) is -1.01. The summed E-state index contributed by atoms with van der Waals surface area (Å²) in [7, 11) is 0. The normalized spacial score (nSPS) is 17.2. The van der Waals surface area contributed by atoms with Crippen molar-refractivity contribution < 1.29 is 22.6 Å². The van der Waals surface area contributed by atoms with Crippen LogP contribution in [0.25, 0.3) is 0 Å². The Morgan fingerprint density at radius 3 is 2.27 bits per heavy atom. The Labute approximate surface area is 180 Å². The first-order valence-corrected chi connectivity index (χ1v) is 10.5. The number of alkyl halides is 3. The van der Waals surface area contributed by atoms with Crippen molar-refractivity contribution in [1.29, 1.82) is 0 Å². The predicted molar refractivity (Wildman–Crippen MR) is 112 cm³/mol. The third-order valence-electron chi connectivity index (χ3n) is 5.75. The lowest BCUT2D eigenvalue weighted by Crippen LogP contribution is -2.51. The molecule has 0 spiro atoms. The molecule has 0 N–H and O–H groups in total. The highest BCUT2D eigenvalue weighted by molar-refractivity contribution is 6.30. The molecule has 0 unspecified atom stereocenters. The topological polar surface area (TPSA) is 21.7 Å². The molecule has 3 nitrogen and oxygen atoms in total. The number of nitrogens with zero attached hydrogens (tertiary/aromatic N) is 1. The van der Waals surface area contributed by atoms with Crippen LogP contribution in [0.4, 0.5) is 13.2 Å². The van der Waals surface area contributed by atoms with Gasteiger partial charge in [-0.25, -0.2) is 0 Å². The van der Waals surface area contributed by atoms with E-state index in [2.05, 4.69) is 18.7 Å². The molecule has 1 fully saturated rings. The molecule has 0 atom stereocenters. The molecule has 1 heterocycles. The maximum absolute atomic E-state index is 13.1. The highest BCUT2D eigenvalue weighted by atomic mass is 35.5. The van der Waals surface area contributed by atoms with E-state index in [0.717, 1.165) is 37.7 Å². The zero-order valence-corrected chi connectivity index (χ0v) is 18.0. The van der Waals surface area contributed by atoms with E-state index < -0.39 is 11.7 Å². The standard InChI is InChI=1S/C23H27ClF3NO2/c1-17(2)22(30-19-9-7-18(24)8-10-19)11-13-28(14-12-22)15-16-29-21-6-4-3-5-20(21)23(25,26)27/h3-10,17H,11-16H2,1-2H3. The zero-order valence-electron chi connectivity index (χ0n) is 17.2. The molecule has 1 aliphatic heterocycles. The van der Waals surface area contributed by atoms with E-state index in [1.165, 1.54) is 12.1 Å². The fraction of sp³-hybridized carbons (Fsp3) is 0.478. The number of halogens is 4. The molecular weight excluding hydrogens is 415 g/mol. The molecule has 0 radical (unpaired) electrons. The van der Waals surface area contributed by atoms with Crippen molar-refractivity contribution in [3.63, 3.8) is 0 Å². The van der Waals surface area contributed by atoms with Gasteiger partial charge in [-0.3, -0.25) is 4.90 Å². The Kier molecular flexibility index (Phi) is 7.19. The minimum Gasteiger partial charge on any atom is -0.492 e. The van der Waals surface area contributed by atoms with Crippen LogP contribution in [0.3, 0.4) is 0 Å². The fourth-order valence-corrected chi connectivity index (χ4v) is 3.93. The van der Waals surface area contributed by atoms with Crippen LogP contribution in [0.2, 0.25) is 5.02 Å². The Bertz CT molecular complexity index is 816. The maximum Gasteiger partial charge on any atom is 0.419 e. The Morgan fingerprint density at radius 1 is 1.03 bits per heavy atom. The third kappa shape index (κ3) is 5.61. The second kappa shape index (κ2) is 9.48. The van der Waals surface area contributed by atoms with Crippen LogP contribution in [0.15, 0.2) is 48.5 Å². The highest BCUT2D eigenvalue weighted by Gasteiger charge is 2.39. The Morgan fingerprint density at radius 2 is 1.67 bits per heavy atom. The van der Waals surface area contributed by atoms with Crippen LogP contribution in [0.1, 0.15) is 32.3 Å². The molecule has 0 saturated carbocycles. The summed E-state index contributed by atoms with van der Waals surface area (Å²) < 4.78 is 51.1. The summed E-state index contributed by atoms with van der Waals surface area (Å²) in [5, 5.41) is 0.669. The summed E-state index contributed by atoms with van der Waals surface area (Å²) >= 11 is 5.96. The first-order chi connectivity index (χ1) is 14.2. The minimum absolute atomic E-state index is 0.121. The lowest BCUT2D eigenvalue weighted by Gasteiger charge is -2.44. The molecule has 2 aromatic carbocycles. The van der Waals surface area contributed by atoms with E-state index in [4.69, 9.17) is 21.1 Å². The van der Waals surface area contributed by atoms with Crippen LogP contribution >= 0.6 is 11.6 Å². The van der Waals surface area contributed by atoms with Gasteiger partial charge in [-0.1, -0.05) is 37.6 Å². The van der Waals surface area contributed by atoms with Crippen LogP contribution in [0, 0.1) is 5.92 Å². The van der Waals surface area contributed by atoms with Crippen LogP contribution in [0.5, 0.6) is 11.5 Å². The van der Waals surface area contributed by atoms with Gasteiger partial charge >= 0.3 is 6.18 Å². The van der Waals surface area contributed by atoms with Crippen molar-refractivity contribution in [2.45, 2.75) is 38.5 Å². The summed E-state index contributed by atoms with van der Waals surface area (Å²) in [6, 6.07) is 12.7. The molecule has 0 aliphatic carbocycles. The number of hydrogen-bond donors (Lipinski definition) is 0. The van der Waals surface area contributed by atoms with Gasteiger partial charge in [-0.2, -0.15) is 13.2 Å². The molecule has 1 saturated heterocycles. The van der Waals surface area contributed by atoms with Gasteiger partial charge in [-0.15, -0.1) is 0 Å². The van der Waals surface area contributed by atoms with Crippen molar-refractivity contribution in [2.24, 2.45) is 5.92 Å². The van der Waals surface area contributed by atoms with E-state index in [1.54, 1.807) is 6.07 Å². The van der Waals surface area contributed by atoms with Crippen LogP contribution in [-0.2, 0) is 6.18 Å². The molecule has 2 aromatic rings. The van der Waals surface area contributed by atoms with Crippen LogP contribution in [-0.4, -0.2) is 36.7 Å². The summed E-state index contributed by atoms with van der Waals surface area (Å²) in [4.78, 5) is 2.21. The molecule has 3 rings (SSSR count). The molecule has 30 heavy (non-hydrogen) atoms. The number of likely N-dealkylation sites (tertiary alicyclic amines) is 1. The second-order valence-corrected chi connectivity index (χ2v) is 8.40. The average Bonchev–Trinajstić information content (AvgIpc) is 2.70. The number of piperidine rings is 1. The highest BCUT2D eigenvalue weighted by Crippen LogP contribution is 2.37. The predicted octanol–water partition coefficient (Wildman–Crippen LogP) is 6.31. The number of para-hydroxylation sites is 1. The molecule has 0 aromatic heterocycles. The van der Waals surface area contributed by atoms with Crippen molar-refractivity contribution >= 4 is 11.6 Å². The molecule has 1 aliphatic rings. The molecular formula is C23H27ClF3NO2. The fourth-order valence-electron chi connectivity index (χ4n) is 3.80. The molecule has 0 amide bonds. The lowest BCUT2D eigenvalue weighted by atomic mass is 9.81. The number of ether oxygens (including phenoxy) is 2. The van der Waals surface area contributed by atoms with Gasteiger partial charge in [0.15, 0.2) is 0 Å². The van der Waals surface area contributed by atoms with Gasteiger partial charge in [0.1, 0.15) is 23.7 Å². The van der Waals surface area contributed by atoms with Crippen molar-refractivity contribution in [2.75, 3.05) is 26.2 Å². The SMILES string of the molecule is CC(C)C1(Oc2ccc(Cl)cc2)CCN(CCOc2ccccc2C(F)(F)F)CC1. The summed E-state index contributed by atoms with van der Waals surface area (Å²) in [6.45, 7) is 6.69. The van der Waals surface area contributed by atoms with Crippen LogP contribution < -0.4 is 9.47 Å². The first kappa shape index (κ1) is 22.8. The maximum atomic E-state index is 13.1. The molecule has 164 valence electrons. The Balaban J connectivity index is 1.54. The lowest BCUT2D eigenvalue weighted by molar-refractivity contribution is -0.139. The van der Waals surface area contributed by atoms with Gasteiger partial charge in [0.25, 0.3) is 0 Å². The van der Waals surface area contributed by atoms with Gasteiger partial charge in [0.2, 0.25) is 0 Å². The van der Waals surface area contributed by atoms with E-state index in [-0.39, 0.29) is 18.0 Å². The number of benzene rings is 2. The number of hydrogen-bond acceptors (Lipinski definition) is 3. The Hall–Kier alpha value is -1.92. The van der Waals surface area contributed by atoms with Crippen molar-refractivity contribution in [3.05, 3.63) is 59.1 Å². The van der Waals surface area contributed by atoms with Crippen molar-refractivity contribution in [3.8, 4) is 11.5 Å². The molecule has 7 heteroatoms. The number of rotatable bonds is 7. The van der Waals surface area contributed by atoms with E-state index >= 15 is 0 Å². The van der Waals surface area contributed by atoms with Gasteiger partial charge in [0.05, 0.1) is 5.56 Å². The smallest absolute Gasteiger partial charge is 0.419 e. The minimum atomic E-state index is -4.42. The summed E-state index contributed by atoms with van der Waals surface area (Å²) in [6.07, 6.45) is -2.74. The zero-order chi connectivity index (χ0) is 21.8. The molecule has 0 bridgehead atoms. The van der Waals surface area contributed by atoms with E-state index in [9.17, 15) is 13.2 Å². The van der Waals surface area contributed by atoms with Crippen molar-refractivity contribution in [1.82, 2.24) is 4.90 Å². The largest absolute Gasteiger partial charge is 0.492 e. The van der Waals surface area contributed by atoms with Gasteiger partial charge < -0.3 is 9.47 Å². The third-order valence-corrected chi connectivity index (χ3v) is 6.00. The van der Waals surface area contributed by atoms with E-state index in [0.29, 0.717) is 17.5 Å². The summed E-state index contributed by atoms with van der Waals surface area (Å²) in [5.74, 6) is 1.00. The first-order valence-electron chi connectivity index (χ1n) is 10.2. The quantitative estimate of drug-likeness (QED) is 0.502. The second-order valence-electron chi connectivity index (χ2n) is 7.96. The van der Waals surface area contributed by atoms with Gasteiger partial charge in [0, 0.05) is 37.5 Å². The average molecular weight is 442 g/mol. The monoisotopic (exact) mass is 441 g/mol.